The normalized spacial score (nSPS) is 30.6. The van der Waals surface area contributed by atoms with Gasteiger partial charge in [0.2, 0.25) is 11.8 Å². The van der Waals surface area contributed by atoms with E-state index < -0.39 is 0 Å². The van der Waals surface area contributed by atoms with Gasteiger partial charge in [-0.05, 0) is 32.1 Å². The molecule has 4 heterocycles. The number of hydrogen-bond donors (Lipinski definition) is 1. The van der Waals surface area contributed by atoms with E-state index in [1.54, 1.807) is 12.4 Å². The van der Waals surface area contributed by atoms with E-state index in [-0.39, 0.29) is 36.0 Å². The van der Waals surface area contributed by atoms with Crippen molar-refractivity contribution in [1.29, 1.82) is 0 Å². The molecule has 2 unspecified atom stereocenters. The van der Waals surface area contributed by atoms with Crippen LogP contribution in [0, 0.1) is 5.92 Å². The first-order chi connectivity index (χ1) is 12.6. The Morgan fingerprint density at radius 2 is 2.08 bits per heavy atom. The number of fused-ring (bicyclic) bond motifs is 2. The molecule has 0 spiro atoms. The van der Waals surface area contributed by atoms with Gasteiger partial charge in [0.05, 0.1) is 18.2 Å². The van der Waals surface area contributed by atoms with E-state index in [9.17, 15) is 9.59 Å². The molecule has 0 radical (unpaired) electrons. The summed E-state index contributed by atoms with van der Waals surface area (Å²) in [6, 6.07) is 0.135. The molecule has 1 N–H and O–H groups in total. The highest BCUT2D eigenvalue weighted by molar-refractivity contribution is 5.80. The number of rotatable bonds is 5. The molecule has 3 aliphatic heterocycles. The zero-order chi connectivity index (χ0) is 18.1. The van der Waals surface area contributed by atoms with E-state index in [0.29, 0.717) is 19.4 Å². The largest absolute Gasteiger partial charge is 0.375 e. The average Bonchev–Trinajstić information content (AvgIpc) is 3.40. The number of hydrogen-bond acceptors (Lipinski definition) is 4. The molecule has 7 heteroatoms. The van der Waals surface area contributed by atoms with Crippen molar-refractivity contribution in [2.24, 2.45) is 5.92 Å². The van der Waals surface area contributed by atoms with E-state index in [1.165, 1.54) is 0 Å². The van der Waals surface area contributed by atoms with Crippen molar-refractivity contribution in [3.05, 3.63) is 18.2 Å². The Bertz CT molecular complexity index is 635. The predicted molar refractivity (Wildman–Crippen MR) is 95.3 cm³/mol. The fraction of sp³-hybridized carbons (Fsp3) is 0.737. The minimum absolute atomic E-state index is 0.0926. The minimum Gasteiger partial charge on any atom is -0.375 e. The smallest absolute Gasteiger partial charge is 0.225 e. The number of aromatic nitrogens is 2. The van der Waals surface area contributed by atoms with Crippen molar-refractivity contribution >= 4 is 11.8 Å². The summed E-state index contributed by atoms with van der Waals surface area (Å²) >= 11 is 0. The number of imidazole rings is 1. The standard InChI is InChI=1S/C19H28N4O3/c1-22(19(25)13-10-15-2-3-16(11-13)26-15)14-6-9-23(12-14)18(24)5-4-17-20-7-8-21-17/h7-8,13-16H,2-6,9-12H2,1H3,(H,20,21)/t13?,14?,15-,16+. The molecular weight excluding hydrogens is 332 g/mol. The number of H-pyrrole nitrogens is 1. The summed E-state index contributed by atoms with van der Waals surface area (Å²) in [5.74, 6) is 1.32. The molecule has 26 heavy (non-hydrogen) atoms. The molecular formula is C19H28N4O3. The summed E-state index contributed by atoms with van der Waals surface area (Å²) in [6.07, 6.45) is 9.90. The van der Waals surface area contributed by atoms with E-state index in [0.717, 1.165) is 44.5 Å². The molecule has 1 aromatic heterocycles. The van der Waals surface area contributed by atoms with Crippen LogP contribution in [0.5, 0.6) is 0 Å². The van der Waals surface area contributed by atoms with Gasteiger partial charge < -0.3 is 19.5 Å². The molecule has 0 aromatic carbocycles. The second-order valence-corrected chi connectivity index (χ2v) is 7.89. The Morgan fingerprint density at radius 3 is 2.77 bits per heavy atom. The molecule has 3 fully saturated rings. The first-order valence-corrected chi connectivity index (χ1v) is 9.78. The lowest BCUT2D eigenvalue weighted by molar-refractivity contribution is -0.142. The zero-order valence-electron chi connectivity index (χ0n) is 15.4. The summed E-state index contributed by atoms with van der Waals surface area (Å²) < 4.78 is 5.86. The fourth-order valence-corrected chi connectivity index (χ4v) is 4.63. The highest BCUT2D eigenvalue weighted by Gasteiger charge is 2.40. The van der Waals surface area contributed by atoms with Crippen molar-refractivity contribution < 1.29 is 14.3 Å². The molecule has 0 saturated carbocycles. The van der Waals surface area contributed by atoms with Crippen LogP contribution in [0.15, 0.2) is 12.4 Å². The van der Waals surface area contributed by atoms with E-state index in [1.807, 2.05) is 16.8 Å². The van der Waals surface area contributed by atoms with Gasteiger partial charge in [-0.2, -0.15) is 0 Å². The summed E-state index contributed by atoms with van der Waals surface area (Å²) in [6.45, 7) is 1.38. The quantitative estimate of drug-likeness (QED) is 0.860. The Hall–Kier alpha value is -1.89. The van der Waals surface area contributed by atoms with Gasteiger partial charge in [0.25, 0.3) is 0 Å². The highest BCUT2D eigenvalue weighted by Crippen LogP contribution is 2.37. The van der Waals surface area contributed by atoms with Crippen LogP contribution in [0.1, 0.15) is 44.3 Å². The molecule has 142 valence electrons. The maximum atomic E-state index is 12.9. The van der Waals surface area contributed by atoms with Crippen molar-refractivity contribution in [3.8, 4) is 0 Å². The number of nitrogens with one attached hydrogen (secondary N) is 1. The molecule has 2 bridgehead atoms. The van der Waals surface area contributed by atoms with E-state index in [4.69, 9.17) is 4.74 Å². The summed E-state index contributed by atoms with van der Waals surface area (Å²) in [7, 11) is 1.90. The highest BCUT2D eigenvalue weighted by atomic mass is 16.5. The molecule has 3 saturated heterocycles. The van der Waals surface area contributed by atoms with Crippen LogP contribution in [0.25, 0.3) is 0 Å². The van der Waals surface area contributed by atoms with Gasteiger partial charge in [-0.3, -0.25) is 9.59 Å². The van der Waals surface area contributed by atoms with Gasteiger partial charge in [-0.25, -0.2) is 4.98 Å². The lowest BCUT2D eigenvalue weighted by Crippen LogP contribution is -2.45. The van der Waals surface area contributed by atoms with Gasteiger partial charge in [0, 0.05) is 51.3 Å². The number of aromatic amines is 1. The lowest BCUT2D eigenvalue weighted by Gasteiger charge is -2.33. The number of carbonyl (C=O) groups excluding carboxylic acids is 2. The Labute approximate surface area is 154 Å². The van der Waals surface area contributed by atoms with Crippen molar-refractivity contribution in [3.63, 3.8) is 0 Å². The maximum absolute atomic E-state index is 12.9. The van der Waals surface area contributed by atoms with Crippen LogP contribution in [-0.2, 0) is 20.7 Å². The molecule has 4 rings (SSSR count). The molecule has 0 aliphatic carbocycles. The van der Waals surface area contributed by atoms with E-state index in [2.05, 4.69) is 9.97 Å². The molecule has 1 aromatic rings. The second-order valence-electron chi connectivity index (χ2n) is 7.89. The van der Waals surface area contributed by atoms with Crippen molar-refractivity contribution in [2.45, 2.75) is 63.2 Å². The van der Waals surface area contributed by atoms with Gasteiger partial charge in [-0.15, -0.1) is 0 Å². The number of nitrogens with zero attached hydrogens (tertiary/aromatic N) is 3. The molecule has 4 atom stereocenters. The number of likely N-dealkylation sites (N-methyl/N-ethyl adjacent to an activating group) is 1. The fourth-order valence-electron chi connectivity index (χ4n) is 4.63. The lowest BCUT2D eigenvalue weighted by atomic mass is 9.93. The Kier molecular flexibility index (Phi) is 4.98. The third-order valence-corrected chi connectivity index (χ3v) is 6.18. The summed E-state index contributed by atoms with van der Waals surface area (Å²) in [5, 5.41) is 0. The minimum atomic E-state index is 0.0926. The number of amides is 2. The number of carbonyl (C=O) groups is 2. The monoisotopic (exact) mass is 360 g/mol. The SMILES string of the molecule is CN(C(=O)C1C[C@H]2CC[C@@H](C1)O2)C1CCN(C(=O)CCc2ncc[nH]2)C1. The third kappa shape index (κ3) is 3.63. The zero-order valence-corrected chi connectivity index (χ0v) is 15.4. The average molecular weight is 360 g/mol. The van der Waals surface area contributed by atoms with Gasteiger partial charge in [-0.1, -0.05) is 0 Å². The Balaban J connectivity index is 1.27. The number of likely N-dealkylation sites (tertiary alicyclic amines) is 1. The third-order valence-electron chi connectivity index (χ3n) is 6.18. The summed E-state index contributed by atoms with van der Waals surface area (Å²) in [4.78, 5) is 36.3. The molecule has 7 nitrogen and oxygen atoms in total. The predicted octanol–water partition coefficient (Wildman–Crippen LogP) is 1.36. The topological polar surface area (TPSA) is 78.5 Å². The van der Waals surface area contributed by atoms with Gasteiger partial charge >= 0.3 is 0 Å². The van der Waals surface area contributed by atoms with Crippen molar-refractivity contribution in [1.82, 2.24) is 19.8 Å². The summed E-state index contributed by atoms with van der Waals surface area (Å²) in [5.41, 5.74) is 0. The number of ether oxygens (including phenoxy) is 1. The van der Waals surface area contributed by atoms with Gasteiger partial charge in [0.1, 0.15) is 5.82 Å². The Morgan fingerprint density at radius 1 is 1.31 bits per heavy atom. The first kappa shape index (κ1) is 17.5. The van der Waals surface area contributed by atoms with Crippen LogP contribution >= 0.6 is 0 Å². The van der Waals surface area contributed by atoms with Crippen LogP contribution in [0.4, 0.5) is 0 Å². The number of aryl methyl sites for hydroxylation is 1. The van der Waals surface area contributed by atoms with Crippen LogP contribution in [0.3, 0.4) is 0 Å². The molecule has 2 amide bonds. The van der Waals surface area contributed by atoms with Crippen LogP contribution in [0.2, 0.25) is 0 Å². The maximum Gasteiger partial charge on any atom is 0.225 e. The van der Waals surface area contributed by atoms with Crippen LogP contribution < -0.4 is 0 Å². The second kappa shape index (κ2) is 7.39. The van der Waals surface area contributed by atoms with E-state index >= 15 is 0 Å². The van der Waals surface area contributed by atoms with Gasteiger partial charge in [0.15, 0.2) is 0 Å². The molecule has 3 aliphatic rings. The first-order valence-electron chi connectivity index (χ1n) is 9.78. The van der Waals surface area contributed by atoms with Crippen LogP contribution in [-0.4, -0.2) is 70.0 Å². The van der Waals surface area contributed by atoms with Crippen molar-refractivity contribution in [2.75, 3.05) is 20.1 Å².